The molecule has 0 unspecified atom stereocenters. The van der Waals surface area contributed by atoms with Gasteiger partial charge in [-0.3, -0.25) is 9.59 Å². The number of amides is 2. The third kappa shape index (κ3) is 7.55. The summed E-state index contributed by atoms with van der Waals surface area (Å²) in [6.07, 6.45) is 6.81. The molecule has 0 spiro atoms. The molecule has 2 atom stereocenters. The molecule has 42 heavy (non-hydrogen) atoms. The topological polar surface area (TPSA) is 132 Å². The number of nitrogens with zero attached hydrogens (tertiary/aromatic N) is 2. The zero-order valence-electron chi connectivity index (χ0n) is 23.9. The summed E-state index contributed by atoms with van der Waals surface area (Å²) >= 11 is 0. The molecule has 1 heterocycles. The lowest BCUT2D eigenvalue weighted by Gasteiger charge is -2.32. The van der Waals surface area contributed by atoms with Crippen LogP contribution in [0.2, 0.25) is 0 Å². The SMILES string of the molecule is Cc1ccc(OCC2CCC2)c(NC(=O)Cn2nc(C(=O)O)cc2C(=O)N[C@H]2CCCC[C@@H]2OCc2ccccc2)c1. The Balaban J connectivity index is 1.26. The molecule has 2 fully saturated rings. The summed E-state index contributed by atoms with van der Waals surface area (Å²) in [5.74, 6) is -1.13. The van der Waals surface area contributed by atoms with Crippen LogP contribution in [0.25, 0.3) is 0 Å². The van der Waals surface area contributed by atoms with Crippen LogP contribution in [0, 0.1) is 12.8 Å². The van der Waals surface area contributed by atoms with Gasteiger partial charge in [0.2, 0.25) is 5.91 Å². The molecule has 2 aliphatic carbocycles. The summed E-state index contributed by atoms with van der Waals surface area (Å²) < 4.78 is 13.3. The molecule has 10 heteroatoms. The number of ether oxygens (including phenoxy) is 2. The third-order valence-electron chi connectivity index (χ3n) is 7.96. The maximum absolute atomic E-state index is 13.4. The number of carbonyl (C=O) groups excluding carboxylic acids is 2. The molecule has 0 radical (unpaired) electrons. The maximum atomic E-state index is 13.4. The summed E-state index contributed by atoms with van der Waals surface area (Å²) in [5.41, 5.74) is 2.21. The third-order valence-corrected chi connectivity index (χ3v) is 7.96. The van der Waals surface area contributed by atoms with Crippen molar-refractivity contribution in [2.45, 2.75) is 77.2 Å². The van der Waals surface area contributed by atoms with E-state index >= 15 is 0 Å². The lowest BCUT2D eigenvalue weighted by Crippen LogP contribution is -2.46. The minimum absolute atomic E-state index is 0.000585. The first-order chi connectivity index (χ1) is 20.4. The Morgan fingerprint density at radius 2 is 1.79 bits per heavy atom. The van der Waals surface area contributed by atoms with E-state index in [0.29, 0.717) is 30.6 Å². The van der Waals surface area contributed by atoms with Gasteiger partial charge in [-0.2, -0.15) is 5.10 Å². The predicted octanol–water partition coefficient (Wildman–Crippen LogP) is 4.97. The zero-order chi connectivity index (χ0) is 29.5. The van der Waals surface area contributed by atoms with E-state index in [1.54, 1.807) is 0 Å². The predicted molar refractivity (Wildman–Crippen MR) is 157 cm³/mol. The van der Waals surface area contributed by atoms with Gasteiger partial charge >= 0.3 is 5.97 Å². The lowest BCUT2D eigenvalue weighted by molar-refractivity contribution is -0.116. The Kier molecular flexibility index (Phi) is 9.53. The second-order valence-electron chi connectivity index (χ2n) is 11.2. The van der Waals surface area contributed by atoms with Crippen LogP contribution in [-0.2, 0) is 22.7 Å². The van der Waals surface area contributed by atoms with Crippen molar-refractivity contribution in [1.29, 1.82) is 0 Å². The summed E-state index contributed by atoms with van der Waals surface area (Å²) in [6.45, 7) is 2.60. The van der Waals surface area contributed by atoms with Gasteiger partial charge in [0.15, 0.2) is 5.69 Å². The van der Waals surface area contributed by atoms with Crippen molar-refractivity contribution in [1.82, 2.24) is 15.1 Å². The second kappa shape index (κ2) is 13.7. The van der Waals surface area contributed by atoms with E-state index in [-0.39, 0.29) is 30.1 Å². The Labute approximate surface area is 245 Å². The van der Waals surface area contributed by atoms with Crippen LogP contribution in [0.1, 0.15) is 77.0 Å². The lowest BCUT2D eigenvalue weighted by atomic mass is 9.86. The van der Waals surface area contributed by atoms with Gasteiger partial charge in [0.25, 0.3) is 5.91 Å². The molecule has 0 aliphatic heterocycles. The van der Waals surface area contributed by atoms with Gasteiger partial charge in [0.1, 0.15) is 18.0 Å². The largest absolute Gasteiger partial charge is 0.491 e. The van der Waals surface area contributed by atoms with E-state index in [2.05, 4.69) is 15.7 Å². The van der Waals surface area contributed by atoms with Crippen LogP contribution in [0.5, 0.6) is 5.75 Å². The number of anilines is 1. The summed E-state index contributed by atoms with van der Waals surface area (Å²) in [4.78, 5) is 38.3. The van der Waals surface area contributed by atoms with Crippen molar-refractivity contribution < 1.29 is 29.0 Å². The zero-order valence-corrected chi connectivity index (χ0v) is 23.9. The molecule has 2 aromatic carbocycles. The monoisotopic (exact) mass is 574 g/mol. The highest BCUT2D eigenvalue weighted by atomic mass is 16.5. The fourth-order valence-corrected chi connectivity index (χ4v) is 5.37. The van der Waals surface area contributed by atoms with Crippen LogP contribution in [0.3, 0.4) is 0 Å². The fraction of sp³-hybridized carbons (Fsp3) is 0.438. The second-order valence-corrected chi connectivity index (χ2v) is 11.2. The van der Waals surface area contributed by atoms with E-state index in [9.17, 15) is 19.5 Å². The van der Waals surface area contributed by atoms with Gasteiger partial charge in [0.05, 0.1) is 31.0 Å². The Bertz CT molecular complexity index is 1400. The highest BCUT2D eigenvalue weighted by molar-refractivity contribution is 5.97. The number of aromatic carboxylic acids is 1. The van der Waals surface area contributed by atoms with Crippen molar-refractivity contribution in [2.75, 3.05) is 11.9 Å². The van der Waals surface area contributed by atoms with Crippen LogP contribution in [-0.4, -0.2) is 51.4 Å². The smallest absolute Gasteiger partial charge is 0.356 e. The van der Waals surface area contributed by atoms with E-state index in [1.807, 2.05) is 55.5 Å². The first-order valence-corrected chi connectivity index (χ1v) is 14.7. The first kappa shape index (κ1) is 29.3. The quantitative estimate of drug-likeness (QED) is 0.278. The number of hydrogen-bond donors (Lipinski definition) is 3. The van der Waals surface area contributed by atoms with E-state index in [0.717, 1.165) is 54.3 Å². The molecular weight excluding hydrogens is 536 g/mol. The Morgan fingerprint density at radius 1 is 1.00 bits per heavy atom. The molecule has 0 saturated heterocycles. The van der Waals surface area contributed by atoms with Crippen LogP contribution in [0.15, 0.2) is 54.6 Å². The Hall–Kier alpha value is -4.18. The number of rotatable bonds is 12. The van der Waals surface area contributed by atoms with Gasteiger partial charge < -0.3 is 25.2 Å². The average molecular weight is 575 g/mol. The van der Waals surface area contributed by atoms with Gasteiger partial charge in [0, 0.05) is 6.07 Å². The normalized spacial score (nSPS) is 18.6. The molecule has 222 valence electrons. The number of hydrogen-bond acceptors (Lipinski definition) is 6. The summed E-state index contributed by atoms with van der Waals surface area (Å²) in [6, 6.07) is 16.4. The highest BCUT2D eigenvalue weighted by Crippen LogP contribution is 2.31. The molecule has 3 aromatic rings. The molecule has 1 aromatic heterocycles. The van der Waals surface area contributed by atoms with Crippen molar-refractivity contribution in [3.05, 3.63) is 77.1 Å². The molecule has 5 rings (SSSR count). The molecular formula is C32H38N4O6. The minimum Gasteiger partial charge on any atom is -0.491 e. The van der Waals surface area contributed by atoms with Gasteiger partial charge in [-0.1, -0.05) is 55.7 Å². The van der Waals surface area contributed by atoms with Crippen molar-refractivity contribution in [3.63, 3.8) is 0 Å². The molecule has 2 aliphatic rings. The molecule has 10 nitrogen and oxygen atoms in total. The highest BCUT2D eigenvalue weighted by Gasteiger charge is 2.30. The number of benzene rings is 2. The first-order valence-electron chi connectivity index (χ1n) is 14.7. The van der Waals surface area contributed by atoms with E-state index < -0.39 is 17.8 Å². The minimum atomic E-state index is -1.28. The molecule has 2 amide bonds. The fourth-order valence-electron chi connectivity index (χ4n) is 5.37. The van der Waals surface area contributed by atoms with Crippen molar-refractivity contribution >= 4 is 23.5 Å². The maximum Gasteiger partial charge on any atom is 0.356 e. The number of carboxylic acids is 1. The Morgan fingerprint density at radius 3 is 2.52 bits per heavy atom. The molecule has 2 saturated carbocycles. The van der Waals surface area contributed by atoms with Gasteiger partial charge in [-0.15, -0.1) is 0 Å². The van der Waals surface area contributed by atoms with Crippen LogP contribution < -0.4 is 15.4 Å². The van der Waals surface area contributed by atoms with Crippen molar-refractivity contribution in [3.8, 4) is 5.75 Å². The standard InChI is InChI=1S/C32H38N4O6/c1-21-14-15-29(42-20-23-10-7-11-23)25(16-21)33-30(37)18-36-27(17-26(35-36)32(39)40)31(38)34-24-12-5-6-13-28(24)41-19-22-8-3-2-4-9-22/h2-4,8-9,14-17,23-24,28H,5-7,10-13,18-20H2,1H3,(H,33,37)(H,34,38)(H,39,40)/t24-,28-/m0/s1. The van der Waals surface area contributed by atoms with Crippen LogP contribution >= 0.6 is 0 Å². The number of aryl methyl sites for hydroxylation is 1. The summed E-state index contributed by atoms with van der Waals surface area (Å²) in [5, 5.41) is 19.5. The van der Waals surface area contributed by atoms with Crippen LogP contribution in [0.4, 0.5) is 5.69 Å². The van der Waals surface area contributed by atoms with Crippen molar-refractivity contribution in [2.24, 2.45) is 5.92 Å². The molecule has 0 bridgehead atoms. The number of carbonyl (C=O) groups is 3. The average Bonchev–Trinajstić information content (AvgIpc) is 3.37. The van der Waals surface area contributed by atoms with E-state index in [4.69, 9.17) is 9.47 Å². The number of aromatic nitrogens is 2. The number of carboxylic acid groups (broad SMARTS) is 1. The summed E-state index contributed by atoms with van der Waals surface area (Å²) in [7, 11) is 0. The van der Waals surface area contributed by atoms with E-state index in [1.165, 1.54) is 12.5 Å². The van der Waals surface area contributed by atoms with Gasteiger partial charge in [-0.05, 0) is 61.8 Å². The number of nitrogens with one attached hydrogen (secondary N) is 2. The molecule has 3 N–H and O–H groups in total. The van der Waals surface area contributed by atoms with Gasteiger partial charge in [-0.25, -0.2) is 9.48 Å².